The van der Waals surface area contributed by atoms with E-state index in [2.05, 4.69) is 0 Å². The lowest BCUT2D eigenvalue weighted by atomic mass is 10.2. The molecular formula is C14H12FNO2S. The van der Waals surface area contributed by atoms with Gasteiger partial charge in [-0.1, -0.05) is 0 Å². The number of hydrogen-bond donors (Lipinski definition) is 0. The van der Waals surface area contributed by atoms with Crippen LogP contribution < -0.4 is 0 Å². The predicted octanol–water partition coefficient (Wildman–Crippen LogP) is 3.31. The second-order valence-corrected chi connectivity index (χ2v) is 5.43. The standard InChI is InChI=1S/C14H12FNO2S/c15-11-5-3-10(4-6-11)13(17)16-7-9-19-14(16)12-2-1-8-18-12/h1-6,8,14H,7,9H2. The normalized spacial score (nSPS) is 18.8. The molecule has 3 rings (SSSR count). The summed E-state index contributed by atoms with van der Waals surface area (Å²) in [6, 6.07) is 9.32. The second-order valence-electron chi connectivity index (χ2n) is 4.24. The molecule has 3 nitrogen and oxygen atoms in total. The van der Waals surface area contributed by atoms with E-state index in [4.69, 9.17) is 4.42 Å². The zero-order valence-electron chi connectivity index (χ0n) is 10.1. The van der Waals surface area contributed by atoms with Crippen LogP contribution >= 0.6 is 11.8 Å². The number of halogens is 1. The van der Waals surface area contributed by atoms with Crippen LogP contribution in [0.4, 0.5) is 4.39 Å². The fourth-order valence-electron chi connectivity index (χ4n) is 2.10. The average Bonchev–Trinajstić information content (AvgIpc) is 3.09. The molecule has 1 fully saturated rings. The van der Waals surface area contributed by atoms with Crippen molar-refractivity contribution in [3.63, 3.8) is 0 Å². The van der Waals surface area contributed by atoms with E-state index in [1.165, 1.54) is 24.3 Å². The Balaban J connectivity index is 1.84. The molecule has 1 aromatic heterocycles. The van der Waals surface area contributed by atoms with Gasteiger partial charge in [-0.2, -0.15) is 0 Å². The third-order valence-electron chi connectivity index (χ3n) is 3.03. The van der Waals surface area contributed by atoms with E-state index in [1.54, 1.807) is 22.9 Å². The van der Waals surface area contributed by atoms with E-state index < -0.39 is 0 Å². The number of benzene rings is 1. The Bertz CT molecular complexity index is 568. The van der Waals surface area contributed by atoms with Crippen molar-refractivity contribution in [2.45, 2.75) is 5.37 Å². The minimum Gasteiger partial charge on any atom is -0.466 e. The summed E-state index contributed by atoms with van der Waals surface area (Å²) in [5.74, 6) is 1.22. The number of carbonyl (C=O) groups is 1. The van der Waals surface area contributed by atoms with E-state index in [0.717, 1.165) is 11.5 Å². The lowest BCUT2D eigenvalue weighted by Crippen LogP contribution is -2.30. The number of thioether (sulfide) groups is 1. The van der Waals surface area contributed by atoms with Gasteiger partial charge in [0.15, 0.2) is 0 Å². The van der Waals surface area contributed by atoms with Crippen molar-refractivity contribution < 1.29 is 13.6 Å². The molecule has 0 saturated carbocycles. The van der Waals surface area contributed by atoms with Crippen LogP contribution in [-0.4, -0.2) is 23.1 Å². The Morgan fingerprint density at radius 1 is 1.32 bits per heavy atom. The van der Waals surface area contributed by atoms with Crippen LogP contribution in [0.15, 0.2) is 47.1 Å². The Hall–Kier alpha value is -1.75. The second kappa shape index (κ2) is 5.09. The minimum atomic E-state index is -0.338. The summed E-state index contributed by atoms with van der Waals surface area (Å²) in [5.41, 5.74) is 0.500. The van der Waals surface area contributed by atoms with Gasteiger partial charge >= 0.3 is 0 Å². The molecule has 19 heavy (non-hydrogen) atoms. The first-order valence-electron chi connectivity index (χ1n) is 5.97. The van der Waals surface area contributed by atoms with Crippen LogP contribution in [0.5, 0.6) is 0 Å². The zero-order valence-corrected chi connectivity index (χ0v) is 10.9. The predicted molar refractivity (Wildman–Crippen MR) is 71.3 cm³/mol. The van der Waals surface area contributed by atoms with E-state index in [9.17, 15) is 9.18 Å². The van der Waals surface area contributed by atoms with Gasteiger partial charge in [0.05, 0.1) is 6.26 Å². The Morgan fingerprint density at radius 2 is 2.11 bits per heavy atom. The van der Waals surface area contributed by atoms with Gasteiger partial charge in [-0.3, -0.25) is 4.79 Å². The molecule has 1 aliphatic rings. The van der Waals surface area contributed by atoms with Gasteiger partial charge in [0.2, 0.25) is 0 Å². The van der Waals surface area contributed by atoms with Gasteiger partial charge in [-0.15, -0.1) is 11.8 Å². The summed E-state index contributed by atoms with van der Waals surface area (Å²) in [5, 5.41) is -0.0902. The summed E-state index contributed by atoms with van der Waals surface area (Å²) in [6.45, 7) is 0.673. The molecule has 1 amide bonds. The lowest BCUT2D eigenvalue weighted by Gasteiger charge is -2.22. The zero-order chi connectivity index (χ0) is 13.2. The minimum absolute atomic E-state index is 0.0902. The van der Waals surface area contributed by atoms with Crippen molar-refractivity contribution >= 4 is 17.7 Å². The van der Waals surface area contributed by atoms with Gasteiger partial charge in [0.25, 0.3) is 5.91 Å². The topological polar surface area (TPSA) is 33.5 Å². The van der Waals surface area contributed by atoms with E-state index in [1.807, 2.05) is 12.1 Å². The molecule has 1 unspecified atom stereocenters. The maximum Gasteiger partial charge on any atom is 0.255 e. The highest BCUT2D eigenvalue weighted by Crippen LogP contribution is 2.38. The van der Waals surface area contributed by atoms with Gasteiger partial charge in [0, 0.05) is 17.9 Å². The molecular weight excluding hydrogens is 265 g/mol. The van der Waals surface area contributed by atoms with Gasteiger partial charge in [0.1, 0.15) is 17.0 Å². The first-order valence-corrected chi connectivity index (χ1v) is 7.02. The number of rotatable bonds is 2. The lowest BCUT2D eigenvalue weighted by molar-refractivity contribution is 0.0749. The molecule has 0 bridgehead atoms. The first kappa shape index (κ1) is 12.3. The maximum atomic E-state index is 12.9. The van der Waals surface area contributed by atoms with Gasteiger partial charge in [-0.05, 0) is 36.4 Å². The number of amides is 1. The highest BCUT2D eigenvalue weighted by molar-refractivity contribution is 7.99. The fourth-order valence-corrected chi connectivity index (χ4v) is 3.31. The number of carbonyl (C=O) groups excluding carboxylic acids is 1. The van der Waals surface area contributed by atoms with Crippen LogP contribution in [0.1, 0.15) is 21.5 Å². The molecule has 1 aliphatic heterocycles. The monoisotopic (exact) mass is 277 g/mol. The molecule has 5 heteroatoms. The summed E-state index contributed by atoms with van der Waals surface area (Å²) >= 11 is 1.67. The van der Waals surface area contributed by atoms with Crippen LogP contribution in [0.3, 0.4) is 0 Å². The molecule has 0 radical (unpaired) electrons. The van der Waals surface area contributed by atoms with Crippen molar-refractivity contribution in [1.82, 2.24) is 4.90 Å². The largest absolute Gasteiger partial charge is 0.466 e. The van der Waals surface area contributed by atoms with E-state index in [0.29, 0.717) is 12.1 Å². The maximum absolute atomic E-state index is 12.9. The first-order chi connectivity index (χ1) is 9.25. The Kier molecular flexibility index (Phi) is 3.29. The summed E-state index contributed by atoms with van der Waals surface area (Å²) in [7, 11) is 0. The molecule has 98 valence electrons. The molecule has 1 saturated heterocycles. The van der Waals surface area contributed by atoms with Crippen LogP contribution in [0, 0.1) is 5.82 Å². The summed E-state index contributed by atoms with van der Waals surface area (Å²) in [4.78, 5) is 14.2. The average molecular weight is 277 g/mol. The molecule has 2 aromatic rings. The van der Waals surface area contributed by atoms with Crippen LogP contribution in [0.25, 0.3) is 0 Å². The molecule has 0 spiro atoms. The third-order valence-corrected chi connectivity index (χ3v) is 4.25. The van der Waals surface area contributed by atoms with Crippen molar-refractivity contribution in [3.05, 3.63) is 59.8 Å². The van der Waals surface area contributed by atoms with Crippen molar-refractivity contribution in [3.8, 4) is 0 Å². The SMILES string of the molecule is O=C(c1ccc(F)cc1)N1CCSC1c1ccco1. The molecule has 0 aliphatic carbocycles. The van der Waals surface area contributed by atoms with Crippen LogP contribution in [0.2, 0.25) is 0 Å². The number of furan rings is 1. The summed E-state index contributed by atoms with van der Waals surface area (Å²) < 4.78 is 18.3. The van der Waals surface area contributed by atoms with Crippen LogP contribution in [-0.2, 0) is 0 Å². The molecule has 1 atom stereocenters. The van der Waals surface area contributed by atoms with Crippen molar-refractivity contribution in [2.75, 3.05) is 12.3 Å². The number of nitrogens with zero attached hydrogens (tertiary/aromatic N) is 1. The number of hydrogen-bond acceptors (Lipinski definition) is 3. The van der Waals surface area contributed by atoms with Gasteiger partial charge in [-0.25, -0.2) is 4.39 Å². The Morgan fingerprint density at radius 3 is 2.79 bits per heavy atom. The van der Waals surface area contributed by atoms with Gasteiger partial charge < -0.3 is 9.32 Å². The molecule has 1 aromatic carbocycles. The highest BCUT2D eigenvalue weighted by atomic mass is 32.2. The summed E-state index contributed by atoms with van der Waals surface area (Å²) in [6.07, 6.45) is 1.61. The van der Waals surface area contributed by atoms with E-state index in [-0.39, 0.29) is 17.1 Å². The molecule has 0 N–H and O–H groups in total. The molecule has 2 heterocycles. The third kappa shape index (κ3) is 2.38. The van der Waals surface area contributed by atoms with Crippen molar-refractivity contribution in [1.29, 1.82) is 0 Å². The smallest absolute Gasteiger partial charge is 0.255 e. The van der Waals surface area contributed by atoms with Crippen molar-refractivity contribution in [2.24, 2.45) is 0 Å². The van der Waals surface area contributed by atoms with E-state index >= 15 is 0 Å². The fraction of sp³-hybridized carbons (Fsp3) is 0.214. The highest BCUT2D eigenvalue weighted by Gasteiger charge is 2.32. The Labute approximate surface area is 114 Å². The quantitative estimate of drug-likeness (QED) is 0.844.